The van der Waals surface area contributed by atoms with Gasteiger partial charge in [-0.25, -0.2) is 0 Å². The molecule has 0 aliphatic rings. The second-order valence-electron chi connectivity index (χ2n) is 3.55. The molecule has 0 amide bonds. The van der Waals surface area contributed by atoms with Gasteiger partial charge in [0, 0.05) is 11.2 Å². The molecule has 1 nitrogen and oxygen atoms in total. The Bertz CT molecular complexity index is 291. The molecule has 15 heavy (non-hydrogen) atoms. The predicted molar refractivity (Wildman–Crippen MR) is 69.1 cm³/mol. The second kappa shape index (κ2) is 7.13. The molecule has 0 spiro atoms. The molecule has 0 aliphatic heterocycles. The lowest BCUT2D eigenvalue weighted by atomic mass is 10.1. The van der Waals surface area contributed by atoms with Crippen molar-refractivity contribution in [2.75, 3.05) is 11.9 Å². The number of hydrogen-bond acceptors (Lipinski definition) is 1. The van der Waals surface area contributed by atoms with E-state index in [1.54, 1.807) is 0 Å². The SMILES string of the molecule is CCCC(CBr)COc1ccccc1Cl. The van der Waals surface area contributed by atoms with Gasteiger partial charge in [0.15, 0.2) is 0 Å². The van der Waals surface area contributed by atoms with Crippen LogP contribution in [0, 0.1) is 5.92 Å². The van der Waals surface area contributed by atoms with Gasteiger partial charge >= 0.3 is 0 Å². The van der Waals surface area contributed by atoms with Crippen LogP contribution >= 0.6 is 27.5 Å². The van der Waals surface area contributed by atoms with Crippen molar-refractivity contribution in [3.63, 3.8) is 0 Å². The van der Waals surface area contributed by atoms with Crippen LogP contribution in [0.4, 0.5) is 0 Å². The highest BCUT2D eigenvalue weighted by Crippen LogP contribution is 2.24. The predicted octanol–water partition coefficient (Wildman–Crippen LogP) is 4.53. The number of halogens is 2. The van der Waals surface area contributed by atoms with Gasteiger partial charge in [-0.3, -0.25) is 0 Å². The van der Waals surface area contributed by atoms with Crippen LogP contribution in [-0.4, -0.2) is 11.9 Å². The zero-order valence-corrected chi connectivity index (χ0v) is 11.2. The molecule has 1 aromatic carbocycles. The summed E-state index contributed by atoms with van der Waals surface area (Å²) in [6.45, 7) is 2.91. The molecule has 1 rings (SSSR count). The van der Waals surface area contributed by atoms with Crippen molar-refractivity contribution < 1.29 is 4.74 Å². The van der Waals surface area contributed by atoms with E-state index in [-0.39, 0.29) is 0 Å². The number of benzene rings is 1. The van der Waals surface area contributed by atoms with E-state index < -0.39 is 0 Å². The Hall–Kier alpha value is -0.210. The monoisotopic (exact) mass is 290 g/mol. The summed E-state index contributed by atoms with van der Waals surface area (Å²) in [5.74, 6) is 1.34. The maximum Gasteiger partial charge on any atom is 0.137 e. The molecule has 3 heteroatoms. The summed E-state index contributed by atoms with van der Waals surface area (Å²) in [4.78, 5) is 0. The molecule has 0 fully saturated rings. The van der Waals surface area contributed by atoms with Crippen LogP contribution in [0.5, 0.6) is 5.75 Å². The van der Waals surface area contributed by atoms with E-state index >= 15 is 0 Å². The maximum absolute atomic E-state index is 5.99. The molecule has 0 aliphatic carbocycles. The fourth-order valence-corrected chi connectivity index (χ4v) is 2.08. The first kappa shape index (κ1) is 12.9. The molecule has 1 unspecified atom stereocenters. The van der Waals surface area contributed by atoms with Crippen LogP contribution in [0.2, 0.25) is 5.02 Å². The number of rotatable bonds is 6. The fraction of sp³-hybridized carbons (Fsp3) is 0.500. The average molecular weight is 292 g/mol. The first-order valence-corrected chi connectivity index (χ1v) is 6.71. The lowest BCUT2D eigenvalue weighted by molar-refractivity contribution is 0.255. The van der Waals surface area contributed by atoms with Crippen LogP contribution in [0.3, 0.4) is 0 Å². The molecule has 0 bridgehead atoms. The molecule has 0 saturated carbocycles. The normalized spacial score (nSPS) is 12.5. The van der Waals surface area contributed by atoms with E-state index in [0.29, 0.717) is 10.9 Å². The lowest BCUT2D eigenvalue weighted by Crippen LogP contribution is -2.13. The molecule has 1 aromatic rings. The van der Waals surface area contributed by atoms with Crippen molar-refractivity contribution >= 4 is 27.5 Å². The third-order valence-corrected chi connectivity index (χ3v) is 3.45. The molecular weight excluding hydrogens is 275 g/mol. The quantitative estimate of drug-likeness (QED) is 0.700. The third-order valence-electron chi connectivity index (χ3n) is 2.23. The highest BCUT2D eigenvalue weighted by Gasteiger charge is 2.08. The topological polar surface area (TPSA) is 9.23 Å². The first-order chi connectivity index (χ1) is 7.27. The molecule has 0 aromatic heterocycles. The fourth-order valence-electron chi connectivity index (χ4n) is 1.38. The van der Waals surface area contributed by atoms with Gasteiger partial charge in [0.2, 0.25) is 0 Å². The number of ether oxygens (including phenoxy) is 1. The Morgan fingerprint density at radius 2 is 2.13 bits per heavy atom. The van der Waals surface area contributed by atoms with Gasteiger partial charge in [0.25, 0.3) is 0 Å². The summed E-state index contributed by atoms with van der Waals surface area (Å²) in [6.07, 6.45) is 2.36. The average Bonchev–Trinajstić information content (AvgIpc) is 2.26. The Morgan fingerprint density at radius 1 is 1.40 bits per heavy atom. The van der Waals surface area contributed by atoms with Gasteiger partial charge in [0.1, 0.15) is 5.75 Å². The highest BCUT2D eigenvalue weighted by atomic mass is 79.9. The van der Waals surface area contributed by atoms with Crippen LogP contribution in [0.25, 0.3) is 0 Å². The summed E-state index contributed by atoms with van der Waals surface area (Å²) in [7, 11) is 0. The smallest absolute Gasteiger partial charge is 0.137 e. The first-order valence-electron chi connectivity index (χ1n) is 5.21. The number of alkyl halides is 1. The second-order valence-corrected chi connectivity index (χ2v) is 4.61. The van der Waals surface area contributed by atoms with E-state index in [9.17, 15) is 0 Å². The van der Waals surface area contributed by atoms with Gasteiger partial charge in [0.05, 0.1) is 11.6 Å². The van der Waals surface area contributed by atoms with E-state index in [2.05, 4.69) is 22.9 Å². The van der Waals surface area contributed by atoms with E-state index in [0.717, 1.165) is 17.7 Å². The molecule has 0 N–H and O–H groups in total. The minimum Gasteiger partial charge on any atom is -0.492 e. The molecular formula is C12H16BrClO. The molecule has 0 saturated heterocycles. The van der Waals surface area contributed by atoms with Crippen LogP contribution in [0.15, 0.2) is 24.3 Å². The van der Waals surface area contributed by atoms with Crippen LogP contribution in [0.1, 0.15) is 19.8 Å². The molecule has 0 heterocycles. The number of para-hydroxylation sites is 1. The summed E-state index contributed by atoms with van der Waals surface area (Å²) in [5.41, 5.74) is 0. The van der Waals surface area contributed by atoms with Crippen molar-refractivity contribution in [2.45, 2.75) is 19.8 Å². The minimum atomic E-state index is 0.561. The maximum atomic E-state index is 5.99. The Morgan fingerprint density at radius 3 is 2.73 bits per heavy atom. The zero-order chi connectivity index (χ0) is 11.1. The lowest BCUT2D eigenvalue weighted by Gasteiger charge is -2.14. The Balaban J connectivity index is 2.45. The zero-order valence-electron chi connectivity index (χ0n) is 8.88. The van der Waals surface area contributed by atoms with Crippen molar-refractivity contribution in [3.05, 3.63) is 29.3 Å². The van der Waals surface area contributed by atoms with Crippen molar-refractivity contribution in [1.29, 1.82) is 0 Å². The summed E-state index contributed by atoms with van der Waals surface area (Å²) in [5, 5.41) is 1.66. The van der Waals surface area contributed by atoms with Crippen molar-refractivity contribution in [3.8, 4) is 5.75 Å². The molecule has 0 radical (unpaired) electrons. The largest absolute Gasteiger partial charge is 0.492 e. The van der Waals surface area contributed by atoms with Crippen molar-refractivity contribution in [1.82, 2.24) is 0 Å². The van der Waals surface area contributed by atoms with Crippen LogP contribution in [-0.2, 0) is 0 Å². The van der Waals surface area contributed by atoms with Gasteiger partial charge < -0.3 is 4.74 Å². The Labute approximate surface area is 105 Å². The summed E-state index contributed by atoms with van der Waals surface area (Å²) in [6, 6.07) is 7.59. The minimum absolute atomic E-state index is 0.561. The van der Waals surface area contributed by atoms with E-state index in [4.69, 9.17) is 16.3 Å². The number of hydrogen-bond donors (Lipinski definition) is 0. The molecule has 1 atom stereocenters. The van der Waals surface area contributed by atoms with Crippen molar-refractivity contribution in [2.24, 2.45) is 5.92 Å². The van der Waals surface area contributed by atoms with Gasteiger partial charge in [-0.1, -0.05) is 53.0 Å². The van der Waals surface area contributed by atoms with Crippen LogP contribution < -0.4 is 4.74 Å². The van der Waals surface area contributed by atoms with E-state index in [1.807, 2.05) is 24.3 Å². The van der Waals surface area contributed by atoms with Gasteiger partial charge in [-0.05, 0) is 18.6 Å². The summed E-state index contributed by atoms with van der Waals surface area (Å²) < 4.78 is 5.68. The van der Waals surface area contributed by atoms with Gasteiger partial charge in [-0.2, -0.15) is 0 Å². The third kappa shape index (κ3) is 4.43. The van der Waals surface area contributed by atoms with E-state index in [1.165, 1.54) is 12.8 Å². The molecule has 84 valence electrons. The Kier molecular flexibility index (Phi) is 6.11. The standard InChI is InChI=1S/C12H16BrClO/c1-2-5-10(8-13)9-15-12-7-4-3-6-11(12)14/h3-4,6-7,10H,2,5,8-9H2,1H3. The van der Waals surface area contributed by atoms with Gasteiger partial charge in [-0.15, -0.1) is 0 Å². The highest BCUT2D eigenvalue weighted by molar-refractivity contribution is 9.09. The summed E-state index contributed by atoms with van der Waals surface area (Å²) >= 11 is 9.49.